The fourth-order valence-corrected chi connectivity index (χ4v) is 5.87. The number of carbonyl (C=O) groups excluding carboxylic acids is 2. The molecule has 0 bridgehead atoms. The largest absolute Gasteiger partial charge is 0.466 e. The Morgan fingerprint density at radius 3 is 1.97 bits per heavy atom. The van der Waals surface area contributed by atoms with E-state index in [4.69, 9.17) is 4.74 Å². The first kappa shape index (κ1) is 28.6. The van der Waals surface area contributed by atoms with Crippen molar-refractivity contribution >= 4 is 11.9 Å². The fraction of sp³-hybridized carbons (Fsp3) is 0.412. The molecule has 1 amide bonds. The minimum atomic E-state index is -0.357. The van der Waals surface area contributed by atoms with Crippen molar-refractivity contribution in [3.8, 4) is 0 Å². The van der Waals surface area contributed by atoms with E-state index in [0.717, 1.165) is 32.5 Å². The first-order valence-corrected chi connectivity index (χ1v) is 14.4. The Balaban J connectivity index is 1.43. The van der Waals surface area contributed by atoms with Gasteiger partial charge >= 0.3 is 5.97 Å². The van der Waals surface area contributed by atoms with Gasteiger partial charge in [-0.15, -0.1) is 0 Å². The minimum absolute atomic E-state index is 0.0995. The zero-order valence-electron chi connectivity index (χ0n) is 23.2. The molecule has 39 heavy (non-hydrogen) atoms. The number of likely N-dealkylation sites (tertiary alicyclic amines) is 1. The number of rotatable bonds is 13. The standard InChI is InChI=1S/C34H42N2O3/c1-2-39-33(38)20-19-32(37)35-27-34(30-15-8-4-9-16-30,31-17-10-5-11-18-31)23-12-24-36-25-21-29(22-26-36)28-13-6-3-7-14-28/h3-11,13-18,29H,2,12,19-27H2,1H3,(H,35,37). The van der Waals surface area contributed by atoms with Gasteiger partial charge in [0.2, 0.25) is 5.91 Å². The Kier molecular flexibility index (Phi) is 10.7. The smallest absolute Gasteiger partial charge is 0.306 e. The number of esters is 1. The van der Waals surface area contributed by atoms with Gasteiger partial charge in [0, 0.05) is 18.4 Å². The number of nitrogens with one attached hydrogen (secondary N) is 1. The summed E-state index contributed by atoms with van der Waals surface area (Å²) in [5, 5.41) is 3.17. The number of benzene rings is 3. The summed E-state index contributed by atoms with van der Waals surface area (Å²) in [7, 11) is 0. The molecule has 5 nitrogen and oxygen atoms in total. The first-order chi connectivity index (χ1) is 19.1. The molecule has 0 atom stereocenters. The maximum Gasteiger partial charge on any atom is 0.306 e. The molecule has 0 radical (unpaired) electrons. The number of amides is 1. The monoisotopic (exact) mass is 526 g/mol. The third-order valence-electron chi connectivity index (χ3n) is 8.04. The molecule has 0 spiro atoms. The first-order valence-electron chi connectivity index (χ1n) is 14.4. The summed E-state index contributed by atoms with van der Waals surface area (Å²) < 4.78 is 5.00. The van der Waals surface area contributed by atoms with Gasteiger partial charge in [-0.3, -0.25) is 9.59 Å². The number of hydrogen-bond acceptors (Lipinski definition) is 4. The summed E-state index contributed by atoms with van der Waals surface area (Å²) >= 11 is 0. The molecule has 1 fully saturated rings. The van der Waals surface area contributed by atoms with Crippen LogP contribution in [0.2, 0.25) is 0 Å². The van der Waals surface area contributed by atoms with Crippen molar-refractivity contribution in [2.45, 2.75) is 56.8 Å². The van der Waals surface area contributed by atoms with E-state index in [0.29, 0.717) is 19.1 Å². The minimum Gasteiger partial charge on any atom is -0.466 e. The van der Waals surface area contributed by atoms with Gasteiger partial charge in [-0.1, -0.05) is 91.0 Å². The second kappa shape index (κ2) is 14.6. The molecule has 3 aromatic carbocycles. The summed E-state index contributed by atoms with van der Waals surface area (Å²) in [6.07, 6.45) is 4.57. The van der Waals surface area contributed by atoms with Crippen LogP contribution in [0.15, 0.2) is 91.0 Å². The maximum absolute atomic E-state index is 12.8. The third kappa shape index (κ3) is 8.03. The van der Waals surface area contributed by atoms with Gasteiger partial charge in [-0.2, -0.15) is 0 Å². The van der Waals surface area contributed by atoms with E-state index in [1.807, 2.05) is 12.1 Å². The van der Waals surface area contributed by atoms with E-state index >= 15 is 0 Å². The van der Waals surface area contributed by atoms with Crippen molar-refractivity contribution in [2.24, 2.45) is 0 Å². The van der Waals surface area contributed by atoms with E-state index in [9.17, 15) is 9.59 Å². The zero-order valence-corrected chi connectivity index (χ0v) is 23.2. The van der Waals surface area contributed by atoms with Gasteiger partial charge in [0.25, 0.3) is 0 Å². The molecule has 4 rings (SSSR count). The van der Waals surface area contributed by atoms with Crippen LogP contribution in [0, 0.1) is 0 Å². The van der Waals surface area contributed by atoms with Crippen LogP contribution in [0.3, 0.4) is 0 Å². The lowest BCUT2D eigenvalue weighted by Gasteiger charge is -2.37. The third-order valence-corrected chi connectivity index (χ3v) is 8.04. The lowest BCUT2D eigenvalue weighted by Crippen LogP contribution is -2.43. The van der Waals surface area contributed by atoms with Gasteiger partial charge in [-0.25, -0.2) is 0 Å². The highest BCUT2D eigenvalue weighted by molar-refractivity contribution is 5.81. The normalized spacial score (nSPS) is 14.6. The van der Waals surface area contributed by atoms with Crippen LogP contribution in [0.5, 0.6) is 0 Å². The van der Waals surface area contributed by atoms with E-state index in [1.54, 1.807) is 6.92 Å². The molecular formula is C34H42N2O3. The molecule has 1 saturated heterocycles. The number of carbonyl (C=O) groups is 2. The van der Waals surface area contributed by atoms with Crippen molar-refractivity contribution in [1.82, 2.24) is 10.2 Å². The second-order valence-corrected chi connectivity index (χ2v) is 10.5. The topological polar surface area (TPSA) is 58.6 Å². The molecule has 1 aliphatic heterocycles. The summed E-state index contributed by atoms with van der Waals surface area (Å²) in [6, 6.07) is 31.9. The van der Waals surface area contributed by atoms with Gasteiger partial charge in [0.15, 0.2) is 0 Å². The average Bonchev–Trinajstić information content (AvgIpc) is 3.00. The van der Waals surface area contributed by atoms with Crippen LogP contribution in [-0.4, -0.2) is 49.6 Å². The number of hydrogen-bond donors (Lipinski definition) is 1. The molecule has 206 valence electrons. The Morgan fingerprint density at radius 1 is 0.846 bits per heavy atom. The quantitative estimate of drug-likeness (QED) is 0.274. The number of ether oxygens (including phenoxy) is 1. The Hall–Kier alpha value is -3.44. The SMILES string of the molecule is CCOC(=O)CCC(=O)NCC(CCCN1CCC(c2ccccc2)CC1)(c1ccccc1)c1ccccc1. The summed E-state index contributed by atoms with van der Waals surface area (Å²) in [6.45, 7) is 5.87. The molecule has 3 aromatic rings. The van der Waals surface area contributed by atoms with E-state index in [-0.39, 0.29) is 30.1 Å². The Bertz CT molecular complexity index is 1100. The molecule has 5 heteroatoms. The van der Waals surface area contributed by atoms with Gasteiger partial charge in [0.1, 0.15) is 0 Å². The van der Waals surface area contributed by atoms with Gasteiger partial charge in [0.05, 0.1) is 13.0 Å². The highest BCUT2D eigenvalue weighted by atomic mass is 16.5. The molecular weight excluding hydrogens is 484 g/mol. The van der Waals surface area contributed by atoms with Gasteiger partial charge in [-0.05, 0) is 74.8 Å². The number of piperidine rings is 1. The second-order valence-electron chi connectivity index (χ2n) is 10.5. The summed E-state index contributed by atoms with van der Waals surface area (Å²) in [4.78, 5) is 27.2. The average molecular weight is 527 g/mol. The van der Waals surface area contributed by atoms with Crippen molar-refractivity contribution in [3.63, 3.8) is 0 Å². The molecule has 0 aliphatic carbocycles. The van der Waals surface area contributed by atoms with Crippen LogP contribution in [0.4, 0.5) is 0 Å². The van der Waals surface area contributed by atoms with Crippen molar-refractivity contribution in [1.29, 1.82) is 0 Å². The van der Waals surface area contributed by atoms with Gasteiger partial charge < -0.3 is 15.0 Å². The van der Waals surface area contributed by atoms with Crippen molar-refractivity contribution in [2.75, 3.05) is 32.8 Å². The highest BCUT2D eigenvalue weighted by Crippen LogP contribution is 2.37. The van der Waals surface area contributed by atoms with Crippen LogP contribution in [0.25, 0.3) is 0 Å². The Labute approximate surface area is 233 Å². The van der Waals surface area contributed by atoms with Crippen LogP contribution >= 0.6 is 0 Å². The van der Waals surface area contributed by atoms with E-state index < -0.39 is 0 Å². The lowest BCUT2D eigenvalue weighted by molar-refractivity contribution is -0.144. The summed E-state index contributed by atoms with van der Waals surface area (Å²) in [5.41, 5.74) is 3.50. The molecule has 0 unspecified atom stereocenters. The number of nitrogens with zero attached hydrogens (tertiary/aromatic N) is 1. The van der Waals surface area contributed by atoms with Crippen molar-refractivity contribution in [3.05, 3.63) is 108 Å². The van der Waals surface area contributed by atoms with E-state index in [1.165, 1.54) is 29.5 Å². The lowest BCUT2D eigenvalue weighted by atomic mass is 9.71. The molecule has 0 aromatic heterocycles. The zero-order chi connectivity index (χ0) is 27.3. The van der Waals surface area contributed by atoms with Crippen LogP contribution in [-0.2, 0) is 19.7 Å². The highest BCUT2D eigenvalue weighted by Gasteiger charge is 2.34. The molecule has 1 N–H and O–H groups in total. The van der Waals surface area contributed by atoms with Crippen LogP contribution < -0.4 is 5.32 Å². The fourth-order valence-electron chi connectivity index (χ4n) is 5.87. The summed E-state index contributed by atoms with van der Waals surface area (Å²) in [5.74, 6) is 0.198. The molecule has 1 aliphatic rings. The molecule has 1 heterocycles. The maximum atomic E-state index is 12.8. The van der Waals surface area contributed by atoms with E-state index in [2.05, 4.69) is 89.1 Å². The predicted molar refractivity (Wildman–Crippen MR) is 157 cm³/mol. The molecule has 0 saturated carbocycles. The van der Waals surface area contributed by atoms with Crippen molar-refractivity contribution < 1.29 is 14.3 Å². The predicted octanol–water partition coefficient (Wildman–Crippen LogP) is 6.09. The Morgan fingerprint density at radius 2 is 1.41 bits per heavy atom. The van der Waals surface area contributed by atoms with Crippen LogP contribution in [0.1, 0.15) is 68.1 Å².